The van der Waals surface area contributed by atoms with Crippen LogP contribution in [0.3, 0.4) is 0 Å². The number of hydrogen-bond acceptors (Lipinski definition) is 4. The van der Waals surface area contributed by atoms with Crippen molar-refractivity contribution >= 4 is 22.4 Å². The van der Waals surface area contributed by atoms with E-state index in [9.17, 15) is 0 Å². The molecule has 17 heavy (non-hydrogen) atoms. The van der Waals surface area contributed by atoms with E-state index in [1.807, 2.05) is 35.8 Å². The number of imidazole rings is 1. The number of rotatable bonds is 4. The van der Waals surface area contributed by atoms with E-state index in [1.54, 1.807) is 11.3 Å². The Morgan fingerprint density at radius 1 is 1.24 bits per heavy atom. The predicted octanol–water partition coefficient (Wildman–Crippen LogP) is 2.31. The molecule has 0 aliphatic rings. The molecule has 4 nitrogen and oxygen atoms in total. The van der Waals surface area contributed by atoms with Gasteiger partial charge in [0.05, 0.1) is 17.6 Å². The average molecular weight is 244 g/mol. The van der Waals surface area contributed by atoms with Gasteiger partial charge in [-0.15, -0.1) is 11.3 Å². The first-order valence-corrected chi connectivity index (χ1v) is 6.32. The van der Waals surface area contributed by atoms with Gasteiger partial charge in [0.1, 0.15) is 10.8 Å². The van der Waals surface area contributed by atoms with Crippen molar-refractivity contribution in [3.63, 3.8) is 0 Å². The van der Waals surface area contributed by atoms with Crippen LogP contribution in [-0.2, 0) is 13.1 Å². The maximum atomic E-state index is 4.50. The van der Waals surface area contributed by atoms with E-state index in [0.717, 1.165) is 35.0 Å². The van der Waals surface area contributed by atoms with E-state index < -0.39 is 0 Å². The molecule has 0 saturated heterocycles. The summed E-state index contributed by atoms with van der Waals surface area (Å²) in [6.07, 6.45) is 1.82. The molecule has 2 aromatic heterocycles. The Bertz CT molecular complexity index is 567. The number of benzene rings is 1. The molecule has 1 aromatic carbocycles. The number of fused-ring (bicyclic) bond motifs is 1. The van der Waals surface area contributed by atoms with E-state index in [-0.39, 0.29) is 0 Å². The van der Waals surface area contributed by atoms with Crippen LogP contribution in [0.15, 0.2) is 35.8 Å². The zero-order valence-electron chi connectivity index (χ0n) is 9.18. The molecule has 0 fully saturated rings. The zero-order chi connectivity index (χ0) is 11.5. The molecule has 0 unspecified atom stereocenters. The molecule has 3 rings (SSSR count). The Morgan fingerprint density at radius 2 is 2.18 bits per heavy atom. The standard InChI is InChI=1S/C12H12N4S/c1-2-4-10-9(3-1)15-11(16-10)7-13-8-12-14-5-6-17-12/h1-6,13H,7-8H2,(H,15,16). The lowest BCUT2D eigenvalue weighted by molar-refractivity contribution is 0.667. The summed E-state index contributed by atoms with van der Waals surface area (Å²) in [7, 11) is 0. The molecule has 0 saturated carbocycles. The van der Waals surface area contributed by atoms with Crippen molar-refractivity contribution in [2.75, 3.05) is 0 Å². The Morgan fingerprint density at radius 3 is 3.00 bits per heavy atom. The fourth-order valence-corrected chi connectivity index (χ4v) is 2.30. The minimum atomic E-state index is 0.730. The molecule has 86 valence electrons. The second kappa shape index (κ2) is 4.65. The van der Waals surface area contributed by atoms with Crippen LogP contribution in [0.4, 0.5) is 0 Å². The molecule has 0 bridgehead atoms. The smallest absolute Gasteiger partial charge is 0.121 e. The summed E-state index contributed by atoms with van der Waals surface area (Å²) < 4.78 is 0. The molecule has 2 heterocycles. The van der Waals surface area contributed by atoms with Crippen molar-refractivity contribution in [1.82, 2.24) is 20.3 Å². The maximum absolute atomic E-state index is 4.50. The fourth-order valence-electron chi connectivity index (χ4n) is 1.72. The molecule has 0 radical (unpaired) electrons. The zero-order valence-corrected chi connectivity index (χ0v) is 10.00. The van der Waals surface area contributed by atoms with Gasteiger partial charge in [0.2, 0.25) is 0 Å². The molecular weight excluding hydrogens is 232 g/mol. The minimum absolute atomic E-state index is 0.730. The van der Waals surface area contributed by atoms with E-state index >= 15 is 0 Å². The second-order valence-corrected chi connectivity index (χ2v) is 4.71. The molecule has 3 aromatic rings. The van der Waals surface area contributed by atoms with Crippen molar-refractivity contribution in [1.29, 1.82) is 0 Å². The van der Waals surface area contributed by atoms with Gasteiger partial charge in [-0.25, -0.2) is 9.97 Å². The summed E-state index contributed by atoms with van der Waals surface area (Å²) in [6.45, 7) is 1.52. The first kappa shape index (κ1) is 10.4. The number of aromatic nitrogens is 3. The van der Waals surface area contributed by atoms with Gasteiger partial charge in [0.25, 0.3) is 0 Å². The summed E-state index contributed by atoms with van der Waals surface area (Å²) in [4.78, 5) is 12.0. The van der Waals surface area contributed by atoms with E-state index in [4.69, 9.17) is 0 Å². The van der Waals surface area contributed by atoms with Crippen molar-refractivity contribution in [3.8, 4) is 0 Å². The third-order valence-corrected chi connectivity index (χ3v) is 3.27. The molecule has 5 heteroatoms. The van der Waals surface area contributed by atoms with E-state index in [1.165, 1.54) is 0 Å². The molecule has 0 aliphatic heterocycles. The number of thiazole rings is 1. The first-order valence-electron chi connectivity index (χ1n) is 5.44. The summed E-state index contributed by atoms with van der Waals surface area (Å²) in [6, 6.07) is 8.05. The summed E-state index contributed by atoms with van der Waals surface area (Å²) >= 11 is 1.66. The average Bonchev–Trinajstić information content (AvgIpc) is 2.96. The Labute approximate surface area is 103 Å². The number of nitrogens with zero attached hydrogens (tertiary/aromatic N) is 2. The third-order valence-electron chi connectivity index (χ3n) is 2.49. The van der Waals surface area contributed by atoms with Crippen LogP contribution in [0.25, 0.3) is 11.0 Å². The first-order chi connectivity index (χ1) is 8.42. The Hall–Kier alpha value is -1.72. The number of para-hydroxylation sites is 2. The molecule has 0 spiro atoms. The third kappa shape index (κ3) is 2.35. The van der Waals surface area contributed by atoms with Crippen LogP contribution in [-0.4, -0.2) is 15.0 Å². The maximum Gasteiger partial charge on any atom is 0.121 e. The normalized spacial score (nSPS) is 11.1. The van der Waals surface area contributed by atoms with Gasteiger partial charge in [-0.05, 0) is 12.1 Å². The second-order valence-electron chi connectivity index (χ2n) is 3.73. The number of H-pyrrole nitrogens is 1. The lowest BCUT2D eigenvalue weighted by atomic mass is 10.3. The SMILES string of the molecule is c1ccc2[nH]c(CNCc3nccs3)nc2c1. The van der Waals surface area contributed by atoms with Gasteiger partial charge in [0.15, 0.2) is 0 Å². The topological polar surface area (TPSA) is 53.6 Å². The van der Waals surface area contributed by atoms with Gasteiger partial charge in [-0.2, -0.15) is 0 Å². The number of nitrogens with one attached hydrogen (secondary N) is 2. The lowest BCUT2D eigenvalue weighted by Crippen LogP contribution is -2.13. The minimum Gasteiger partial charge on any atom is -0.341 e. The van der Waals surface area contributed by atoms with Crippen molar-refractivity contribution in [2.24, 2.45) is 0 Å². The molecule has 0 aliphatic carbocycles. The van der Waals surface area contributed by atoms with Gasteiger partial charge >= 0.3 is 0 Å². The highest BCUT2D eigenvalue weighted by Crippen LogP contribution is 2.10. The summed E-state index contributed by atoms with van der Waals surface area (Å²) in [5.41, 5.74) is 2.09. The van der Waals surface area contributed by atoms with Crippen LogP contribution in [0.1, 0.15) is 10.8 Å². The van der Waals surface area contributed by atoms with Crippen LogP contribution in [0.5, 0.6) is 0 Å². The van der Waals surface area contributed by atoms with Crippen molar-refractivity contribution in [3.05, 3.63) is 46.7 Å². The largest absolute Gasteiger partial charge is 0.341 e. The van der Waals surface area contributed by atoms with Crippen molar-refractivity contribution < 1.29 is 0 Å². The van der Waals surface area contributed by atoms with Crippen molar-refractivity contribution in [2.45, 2.75) is 13.1 Å². The molecule has 0 amide bonds. The van der Waals surface area contributed by atoms with Gasteiger partial charge in [-0.1, -0.05) is 12.1 Å². The van der Waals surface area contributed by atoms with E-state index in [0.29, 0.717) is 0 Å². The quantitative estimate of drug-likeness (QED) is 0.740. The predicted molar refractivity (Wildman–Crippen MR) is 68.8 cm³/mol. The summed E-state index contributed by atoms with van der Waals surface area (Å²) in [5, 5.41) is 6.40. The summed E-state index contributed by atoms with van der Waals surface area (Å²) in [5.74, 6) is 0.961. The van der Waals surface area contributed by atoms with Gasteiger partial charge in [0, 0.05) is 18.1 Å². The lowest BCUT2D eigenvalue weighted by Gasteiger charge is -1.98. The Balaban J connectivity index is 1.65. The number of hydrogen-bond donors (Lipinski definition) is 2. The van der Waals surface area contributed by atoms with Crippen LogP contribution in [0.2, 0.25) is 0 Å². The monoisotopic (exact) mass is 244 g/mol. The fraction of sp³-hybridized carbons (Fsp3) is 0.167. The highest BCUT2D eigenvalue weighted by Gasteiger charge is 2.01. The highest BCUT2D eigenvalue weighted by molar-refractivity contribution is 7.09. The Kier molecular flexibility index (Phi) is 2.85. The molecule has 2 N–H and O–H groups in total. The van der Waals surface area contributed by atoms with Gasteiger partial charge in [-0.3, -0.25) is 0 Å². The van der Waals surface area contributed by atoms with Crippen LogP contribution in [0, 0.1) is 0 Å². The van der Waals surface area contributed by atoms with Crippen LogP contribution >= 0.6 is 11.3 Å². The molecular formula is C12H12N4S. The highest BCUT2D eigenvalue weighted by atomic mass is 32.1. The van der Waals surface area contributed by atoms with Crippen LogP contribution < -0.4 is 5.32 Å². The number of aromatic amines is 1. The molecule has 0 atom stereocenters. The van der Waals surface area contributed by atoms with Gasteiger partial charge < -0.3 is 10.3 Å². The van der Waals surface area contributed by atoms with E-state index in [2.05, 4.69) is 20.3 Å².